The zero-order chi connectivity index (χ0) is 15.2. The molecule has 0 aliphatic rings. The lowest BCUT2D eigenvalue weighted by Gasteiger charge is -2.09. The van der Waals surface area contributed by atoms with E-state index in [0.29, 0.717) is 11.6 Å². The van der Waals surface area contributed by atoms with E-state index in [9.17, 15) is 10.1 Å². The first-order valence-corrected chi connectivity index (χ1v) is 6.60. The topological polar surface area (TPSA) is 90.2 Å². The third kappa shape index (κ3) is 3.57. The monoisotopic (exact) mass is 308 g/mol. The number of anilines is 1. The van der Waals surface area contributed by atoms with E-state index in [1.165, 1.54) is 6.33 Å². The van der Waals surface area contributed by atoms with Crippen molar-refractivity contribution in [2.45, 2.75) is 13.5 Å². The Kier molecular flexibility index (Phi) is 4.89. The Hall–Kier alpha value is -2.41. The third-order valence-electron chi connectivity index (χ3n) is 2.66. The van der Waals surface area contributed by atoms with E-state index in [1.807, 2.05) is 18.2 Å². The molecule has 0 saturated heterocycles. The fraction of sp³-hybridized carbons (Fsp3) is 0.231. The average Bonchev–Trinajstić information content (AvgIpc) is 2.46. The molecule has 1 N–H and O–H groups in total. The largest absolute Gasteiger partial charge is 0.473 e. The summed E-state index contributed by atoms with van der Waals surface area (Å²) in [6.45, 7) is 2.31. The first-order valence-electron chi connectivity index (χ1n) is 6.23. The van der Waals surface area contributed by atoms with Gasteiger partial charge in [-0.3, -0.25) is 10.1 Å². The molecule has 0 aliphatic heterocycles. The molecule has 0 aliphatic carbocycles. The fourth-order valence-electron chi connectivity index (χ4n) is 1.72. The number of aromatic nitrogens is 2. The summed E-state index contributed by atoms with van der Waals surface area (Å²) < 4.78 is 5.16. The van der Waals surface area contributed by atoms with Crippen LogP contribution < -0.4 is 10.1 Å². The van der Waals surface area contributed by atoms with Crippen LogP contribution in [0.1, 0.15) is 12.5 Å². The standard InChI is InChI=1S/C13H13ClN4O3/c1-2-21-13-11(18(19)20)12(16-8-17-13)15-7-9-5-3-4-6-10(9)14/h3-6,8H,2,7H2,1H3,(H,15,16,17). The summed E-state index contributed by atoms with van der Waals surface area (Å²) >= 11 is 6.04. The SMILES string of the molecule is CCOc1ncnc(NCc2ccccc2Cl)c1[N+](=O)[O-]. The van der Waals surface area contributed by atoms with E-state index in [1.54, 1.807) is 13.0 Å². The van der Waals surface area contributed by atoms with Crippen molar-refractivity contribution in [3.05, 3.63) is 51.3 Å². The second-order valence-electron chi connectivity index (χ2n) is 4.01. The first kappa shape index (κ1) is 15.0. The molecule has 0 fully saturated rings. The zero-order valence-electron chi connectivity index (χ0n) is 11.2. The smallest absolute Gasteiger partial charge is 0.372 e. The number of ether oxygens (including phenoxy) is 1. The molecule has 0 atom stereocenters. The number of rotatable bonds is 6. The molecule has 1 heterocycles. The molecule has 2 rings (SSSR count). The van der Waals surface area contributed by atoms with Gasteiger partial charge in [-0.05, 0) is 18.6 Å². The van der Waals surface area contributed by atoms with Crippen LogP contribution in [0.4, 0.5) is 11.5 Å². The third-order valence-corrected chi connectivity index (χ3v) is 3.03. The minimum atomic E-state index is -0.570. The predicted molar refractivity (Wildman–Crippen MR) is 78.6 cm³/mol. The molecule has 0 bridgehead atoms. The van der Waals surface area contributed by atoms with E-state index in [-0.39, 0.29) is 24.0 Å². The highest BCUT2D eigenvalue weighted by atomic mass is 35.5. The molecule has 0 amide bonds. The molecule has 2 aromatic rings. The van der Waals surface area contributed by atoms with Gasteiger partial charge in [0.25, 0.3) is 5.88 Å². The highest BCUT2D eigenvalue weighted by molar-refractivity contribution is 6.31. The number of halogens is 1. The van der Waals surface area contributed by atoms with Crippen LogP contribution >= 0.6 is 11.6 Å². The second-order valence-corrected chi connectivity index (χ2v) is 4.42. The van der Waals surface area contributed by atoms with Gasteiger partial charge in [0.2, 0.25) is 5.82 Å². The molecule has 0 spiro atoms. The molecular weight excluding hydrogens is 296 g/mol. The summed E-state index contributed by atoms with van der Waals surface area (Å²) in [6, 6.07) is 7.22. The van der Waals surface area contributed by atoms with Crippen LogP contribution in [0.2, 0.25) is 5.02 Å². The van der Waals surface area contributed by atoms with Crippen molar-refractivity contribution in [3.8, 4) is 5.88 Å². The summed E-state index contributed by atoms with van der Waals surface area (Å²) in [5, 5.41) is 14.6. The summed E-state index contributed by atoms with van der Waals surface area (Å²) in [5.74, 6) is 0.0394. The predicted octanol–water partition coefficient (Wildman–Crippen LogP) is 3.05. The van der Waals surface area contributed by atoms with Gasteiger partial charge >= 0.3 is 5.69 Å². The number of nitro groups is 1. The number of hydrogen-bond donors (Lipinski definition) is 1. The van der Waals surface area contributed by atoms with Crippen molar-refractivity contribution in [1.82, 2.24) is 9.97 Å². The Labute approximate surface area is 126 Å². The van der Waals surface area contributed by atoms with E-state index >= 15 is 0 Å². The second kappa shape index (κ2) is 6.85. The average molecular weight is 309 g/mol. The summed E-state index contributed by atoms with van der Waals surface area (Å²) in [5.41, 5.74) is 0.524. The van der Waals surface area contributed by atoms with Crippen LogP contribution in [0.15, 0.2) is 30.6 Å². The molecule has 110 valence electrons. The normalized spacial score (nSPS) is 10.2. The molecule has 7 nitrogen and oxygen atoms in total. The first-order chi connectivity index (χ1) is 10.1. The van der Waals surface area contributed by atoms with Crippen molar-refractivity contribution in [2.24, 2.45) is 0 Å². The Bertz CT molecular complexity index is 651. The minimum Gasteiger partial charge on any atom is -0.473 e. The van der Waals surface area contributed by atoms with Gasteiger partial charge in [-0.25, -0.2) is 4.98 Å². The van der Waals surface area contributed by atoms with Gasteiger partial charge in [-0.15, -0.1) is 0 Å². The molecule has 0 saturated carbocycles. The molecule has 8 heteroatoms. The minimum absolute atomic E-state index is 0.0563. The lowest BCUT2D eigenvalue weighted by Crippen LogP contribution is -2.08. The zero-order valence-corrected chi connectivity index (χ0v) is 12.0. The lowest BCUT2D eigenvalue weighted by molar-refractivity contribution is -0.385. The maximum Gasteiger partial charge on any atom is 0.372 e. The number of nitrogens with zero attached hydrogens (tertiary/aromatic N) is 3. The van der Waals surface area contributed by atoms with Crippen LogP contribution in [0, 0.1) is 10.1 Å². The highest BCUT2D eigenvalue weighted by Gasteiger charge is 2.24. The van der Waals surface area contributed by atoms with Gasteiger partial charge in [-0.1, -0.05) is 29.8 Å². The van der Waals surface area contributed by atoms with E-state index in [4.69, 9.17) is 16.3 Å². The number of benzene rings is 1. The van der Waals surface area contributed by atoms with Crippen LogP contribution in [0.3, 0.4) is 0 Å². The Balaban J connectivity index is 2.25. The Morgan fingerprint density at radius 1 is 1.38 bits per heavy atom. The molecule has 1 aromatic carbocycles. The fourth-order valence-corrected chi connectivity index (χ4v) is 1.92. The molecule has 0 radical (unpaired) electrons. The van der Waals surface area contributed by atoms with Gasteiger partial charge in [-0.2, -0.15) is 4.98 Å². The van der Waals surface area contributed by atoms with Crippen molar-refractivity contribution in [1.29, 1.82) is 0 Å². The summed E-state index contributed by atoms with van der Waals surface area (Å²) in [4.78, 5) is 18.3. The maximum atomic E-state index is 11.2. The Morgan fingerprint density at radius 3 is 2.81 bits per heavy atom. The van der Waals surface area contributed by atoms with Crippen molar-refractivity contribution >= 4 is 23.1 Å². The molecule has 1 aromatic heterocycles. The molecular formula is C13H13ClN4O3. The molecule has 21 heavy (non-hydrogen) atoms. The van der Waals surface area contributed by atoms with Gasteiger partial charge < -0.3 is 10.1 Å². The van der Waals surface area contributed by atoms with E-state index < -0.39 is 4.92 Å². The van der Waals surface area contributed by atoms with Crippen molar-refractivity contribution < 1.29 is 9.66 Å². The van der Waals surface area contributed by atoms with Gasteiger partial charge in [0.05, 0.1) is 11.5 Å². The quantitative estimate of drug-likeness (QED) is 0.651. The van der Waals surface area contributed by atoms with Crippen LogP contribution in [-0.4, -0.2) is 21.5 Å². The Morgan fingerprint density at radius 2 is 2.14 bits per heavy atom. The number of nitrogens with one attached hydrogen (secondary N) is 1. The van der Waals surface area contributed by atoms with E-state index in [0.717, 1.165) is 5.56 Å². The van der Waals surface area contributed by atoms with Gasteiger partial charge in [0, 0.05) is 11.6 Å². The van der Waals surface area contributed by atoms with Crippen molar-refractivity contribution in [2.75, 3.05) is 11.9 Å². The number of hydrogen-bond acceptors (Lipinski definition) is 6. The van der Waals surface area contributed by atoms with E-state index in [2.05, 4.69) is 15.3 Å². The van der Waals surface area contributed by atoms with Crippen LogP contribution in [-0.2, 0) is 6.54 Å². The maximum absolute atomic E-state index is 11.2. The van der Waals surface area contributed by atoms with Gasteiger partial charge in [0.1, 0.15) is 6.33 Å². The summed E-state index contributed by atoms with van der Waals surface area (Å²) in [7, 11) is 0. The molecule has 0 unspecified atom stereocenters. The highest BCUT2D eigenvalue weighted by Crippen LogP contribution is 2.31. The summed E-state index contributed by atoms with van der Waals surface area (Å²) in [6.07, 6.45) is 1.22. The van der Waals surface area contributed by atoms with Crippen molar-refractivity contribution in [3.63, 3.8) is 0 Å². The lowest BCUT2D eigenvalue weighted by atomic mass is 10.2. The van der Waals surface area contributed by atoms with Gasteiger partial charge in [0.15, 0.2) is 0 Å². The van der Waals surface area contributed by atoms with Crippen LogP contribution in [0.25, 0.3) is 0 Å². The van der Waals surface area contributed by atoms with Crippen LogP contribution in [0.5, 0.6) is 5.88 Å².